The molecule has 0 spiro atoms. The van der Waals surface area contributed by atoms with Crippen LogP contribution in [0, 0.1) is 0 Å². The molecule has 0 bridgehead atoms. The zero-order chi connectivity index (χ0) is 30.2. The summed E-state index contributed by atoms with van der Waals surface area (Å²) in [4.78, 5) is 22.2. The largest absolute Gasteiger partial charge is 0.416 e. The van der Waals surface area contributed by atoms with Crippen LogP contribution in [0.2, 0.25) is 0 Å². The van der Waals surface area contributed by atoms with E-state index in [0.29, 0.717) is 28.3 Å². The maximum Gasteiger partial charge on any atom is 0.416 e. The topological polar surface area (TPSA) is 87.1 Å². The molecule has 1 amide bonds. The minimum absolute atomic E-state index is 0.126. The van der Waals surface area contributed by atoms with Gasteiger partial charge in [-0.3, -0.25) is 9.78 Å². The second-order valence-electron chi connectivity index (χ2n) is 9.94. The third-order valence-corrected chi connectivity index (χ3v) is 7.08. The zero-order valence-electron chi connectivity index (χ0n) is 22.9. The van der Waals surface area contributed by atoms with Gasteiger partial charge in [0.25, 0.3) is 0 Å². The number of rotatable bonds is 10. The van der Waals surface area contributed by atoms with E-state index < -0.39 is 42.1 Å². The molecule has 9 heteroatoms. The van der Waals surface area contributed by atoms with Gasteiger partial charge in [0.2, 0.25) is 5.91 Å². The fourth-order valence-corrected chi connectivity index (χ4v) is 5.11. The molecule has 5 rings (SSSR count). The van der Waals surface area contributed by atoms with Crippen LogP contribution in [0.5, 0.6) is 0 Å². The Bertz CT molecular complexity index is 1630. The number of nitrogens with zero attached hydrogens (tertiary/aromatic N) is 2. The summed E-state index contributed by atoms with van der Waals surface area (Å²) in [5.74, 6) is -0.762. The van der Waals surface area contributed by atoms with Gasteiger partial charge in [-0.2, -0.15) is 13.2 Å². The first-order valence-corrected chi connectivity index (χ1v) is 13.7. The van der Waals surface area contributed by atoms with Crippen molar-refractivity contribution in [1.29, 1.82) is 0 Å². The van der Waals surface area contributed by atoms with Crippen molar-refractivity contribution in [2.75, 3.05) is 10.6 Å². The molecular weight excluding hydrogens is 553 g/mol. The second-order valence-corrected chi connectivity index (χ2v) is 9.94. The van der Waals surface area contributed by atoms with E-state index in [1.807, 2.05) is 48.5 Å². The van der Waals surface area contributed by atoms with Crippen molar-refractivity contribution in [2.45, 2.75) is 30.7 Å². The van der Waals surface area contributed by atoms with Crippen LogP contribution in [-0.2, 0) is 17.4 Å². The van der Waals surface area contributed by atoms with Gasteiger partial charge in [0.15, 0.2) is 0 Å². The number of carbonyl (C=O) groups is 1. The lowest BCUT2D eigenvalue weighted by molar-refractivity contribution is -0.138. The van der Waals surface area contributed by atoms with Crippen molar-refractivity contribution in [3.8, 4) is 0 Å². The minimum Gasteiger partial charge on any atom is -0.388 e. The normalized spacial score (nSPS) is 13.5. The first kappa shape index (κ1) is 29.5. The van der Waals surface area contributed by atoms with Crippen molar-refractivity contribution in [2.24, 2.45) is 0 Å². The minimum atomic E-state index is -4.59. The average molecular weight is 583 g/mol. The Morgan fingerprint density at radius 3 is 2.12 bits per heavy atom. The molecule has 0 aliphatic rings. The third kappa shape index (κ3) is 7.25. The van der Waals surface area contributed by atoms with Gasteiger partial charge < -0.3 is 15.7 Å². The molecule has 6 nitrogen and oxygen atoms in total. The molecule has 0 unspecified atom stereocenters. The average Bonchev–Trinajstić information content (AvgIpc) is 3.02. The molecular formula is C34H29F3N4O2. The molecule has 0 saturated carbocycles. The van der Waals surface area contributed by atoms with E-state index >= 15 is 0 Å². The van der Waals surface area contributed by atoms with Crippen LogP contribution >= 0.6 is 0 Å². The lowest BCUT2D eigenvalue weighted by atomic mass is 9.82. The highest BCUT2D eigenvalue weighted by Gasteiger charge is 2.36. The molecule has 5 aromatic rings. The summed E-state index contributed by atoms with van der Waals surface area (Å²) in [6.07, 6.45) is -2.81. The summed E-state index contributed by atoms with van der Waals surface area (Å²) < 4.78 is 40.8. The SMILES string of the molecule is O=C(Cc1ccccc1C(F)(F)F)Nc1ccccc1[C@@H](Nc1ccccn1)[C@H](c1ccccn1)[C@H](O)c1ccccc1. The molecule has 0 fully saturated rings. The molecule has 0 aliphatic heterocycles. The van der Waals surface area contributed by atoms with E-state index in [-0.39, 0.29) is 5.56 Å². The number of aliphatic hydroxyl groups excluding tert-OH is 1. The molecule has 3 aromatic carbocycles. The van der Waals surface area contributed by atoms with Crippen LogP contribution in [0.3, 0.4) is 0 Å². The fraction of sp³-hybridized carbons (Fsp3) is 0.147. The van der Waals surface area contributed by atoms with Gasteiger partial charge in [0.05, 0.1) is 30.0 Å². The Hall–Kier alpha value is -5.02. The zero-order valence-corrected chi connectivity index (χ0v) is 22.9. The maximum atomic E-state index is 13.6. The number of anilines is 2. The number of carbonyl (C=O) groups excluding carboxylic acids is 1. The van der Waals surface area contributed by atoms with E-state index in [4.69, 9.17) is 0 Å². The maximum absolute atomic E-state index is 13.6. The third-order valence-electron chi connectivity index (χ3n) is 7.08. The summed E-state index contributed by atoms with van der Waals surface area (Å²) in [5, 5.41) is 18.1. The highest BCUT2D eigenvalue weighted by atomic mass is 19.4. The van der Waals surface area contributed by atoms with Gasteiger partial charge in [0.1, 0.15) is 5.82 Å². The first-order chi connectivity index (χ1) is 20.8. The Morgan fingerprint density at radius 2 is 1.42 bits per heavy atom. The number of nitrogens with one attached hydrogen (secondary N) is 2. The first-order valence-electron chi connectivity index (χ1n) is 13.7. The highest BCUT2D eigenvalue weighted by Crippen LogP contribution is 2.44. The van der Waals surface area contributed by atoms with Crippen LogP contribution < -0.4 is 10.6 Å². The molecule has 0 aliphatic carbocycles. The smallest absolute Gasteiger partial charge is 0.388 e. The van der Waals surface area contributed by atoms with Crippen LogP contribution in [0.15, 0.2) is 128 Å². The summed E-state index contributed by atoms with van der Waals surface area (Å²) >= 11 is 0. The molecule has 3 N–H and O–H groups in total. The predicted molar refractivity (Wildman–Crippen MR) is 159 cm³/mol. The summed E-state index contributed by atoms with van der Waals surface area (Å²) in [5.41, 5.74) is 1.25. The van der Waals surface area contributed by atoms with Crippen LogP contribution in [-0.4, -0.2) is 21.0 Å². The molecule has 43 heavy (non-hydrogen) atoms. The molecule has 3 atom stereocenters. The Morgan fingerprint density at radius 1 is 0.767 bits per heavy atom. The van der Waals surface area contributed by atoms with Crippen LogP contribution in [0.1, 0.15) is 46.0 Å². The number of benzene rings is 3. The summed E-state index contributed by atoms with van der Waals surface area (Å²) in [7, 11) is 0. The molecule has 2 aromatic heterocycles. The number of hydrogen-bond donors (Lipinski definition) is 3. The number of hydrogen-bond acceptors (Lipinski definition) is 5. The lowest BCUT2D eigenvalue weighted by Gasteiger charge is -2.33. The highest BCUT2D eigenvalue weighted by molar-refractivity contribution is 5.93. The van der Waals surface area contributed by atoms with E-state index in [2.05, 4.69) is 20.6 Å². The van der Waals surface area contributed by atoms with Gasteiger partial charge in [-0.25, -0.2) is 4.98 Å². The number of aromatic nitrogens is 2. The Kier molecular flexibility index (Phi) is 9.12. The van der Waals surface area contributed by atoms with Gasteiger partial charge in [0, 0.05) is 23.8 Å². The van der Waals surface area contributed by atoms with E-state index in [1.54, 1.807) is 54.9 Å². The van der Waals surface area contributed by atoms with Crippen molar-refractivity contribution < 1.29 is 23.1 Å². The van der Waals surface area contributed by atoms with E-state index in [0.717, 1.165) is 6.07 Å². The van der Waals surface area contributed by atoms with Gasteiger partial charge in [-0.15, -0.1) is 0 Å². The Labute approximate surface area is 247 Å². The van der Waals surface area contributed by atoms with Crippen molar-refractivity contribution in [3.63, 3.8) is 0 Å². The summed E-state index contributed by atoms with van der Waals surface area (Å²) in [6.45, 7) is 0. The number of para-hydroxylation sites is 1. The summed E-state index contributed by atoms with van der Waals surface area (Å²) in [6, 6.07) is 31.3. The van der Waals surface area contributed by atoms with Crippen molar-refractivity contribution in [1.82, 2.24) is 9.97 Å². The van der Waals surface area contributed by atoms with E-state index in [9.17, 15) is 23.1 Å². The molecule has 0 saturated heterocycles. The quantitative estimate of drug-likeness (QED) is 0.160. The van der Waals surface area contributed by atoms with Gasteiger partial charge >= 0.3 is 6.18 Å². The molecule has 0 radical (unpaired) electrons. The number of amides is 1. The van der Waals surface area contributed by atoms with Gasteiger partial charge in [-0.1, -0.05) is 78.9 Å². The second kappa shape index (κ2) is 13.3. The number of alkyl halides is 3. The standard InChI is InChI=1S/C34H29F3N4O2/c35-34(36,37)26-16-6-4-14-24(26)22-30(42)40-27-17-7-5-15-25(27)32(41-29-19-9-11-21-39-29)31(28-18-8-10-20-38-28)33(43)23-12-2-1-3-13-23/h1-21,31-33,43H,22H2,(H,39,41)(H,40,42)/t31-,32+,33+/m0/s1. The predicted octanol–water partition coefficient (Wildman–Crippen LogP) is 7.35. The monoisotopic (exact) mass is 582 g/mol. The Balaban J connectivity index is 1.56. The number of halogens is 3. The van der Waals surface area contributed by atoms with Gasteiger partial charge in [-0.05, 0) is 53.1 Å². The number of pyridine rings is 2. The fourth-order valence-electron chi connectivity index (χ4n) is 5.11. The van der Waals surface area contributed by atoms with E-state index in [1.165, 1.54) is 18.2 Å². The van der Waals surface area contributed by atoms with Crippen molar-refractivity contribution >= 4 is 17.4 Å². The molecule has 2 heterocycles. The van der Waals surface area contributed by atoms with Crippen molar-refractivity contribution in [3.05, 3.63) is 156 Å². The lowest BCUT2D eigenvalue weighted by Crippen LogP contribution is -2.27. The van der Waals surface area contributed by atoms with Crippen LogP contribution in [0.4, 0.5) is 24.7 Å². The number of aliphatic hydroxyl groups is 1. The molecule has 218 valence electrons. The van der Waals surface area contributed by atoms with Crippen LogP contribution in [0.25, 0.3) is 0 Å².